The number of oxazole rings is 1. The van der Waals surface area contributed by atoms with Crippen LogP contribution in [0, 0.1) is 11.6 Å². The SMILES string of the molecule is CCc1cccc(NC(=O)COC(=O)CCc2ncc(-c3c(F)cccc3F)o2)c1. The van der Waals surface area contributed by atoms with Crippen molar-refractivity contribution in [2.75, 3.05) is 11.9 Å². The summed E-state index contributed by atoms with van der Waals surface area (Å²) in [5.74, 6) is -2.55. The van der Waals surface area contributed by atoms with E-state index in [0.29, 0.717) is 5.69 Å². The smallest absolute Gasteiger partial charge is 0.306 e. The highest BCUT2D eigenvalue weighted by Crippen LogP contribution is 2.26. The van der Waals surface area contributed by atoms with Crippen molar-refractivity contribution < 1.29 is 27.5 Å². The highest BCUT2D eigenvalue weighted by molar-refractivity contribution is 5.92. The van der Waals surface area contributed by atoms with Crippen LogP contribution in [0.5, 0.6) is 0 Å². The maximum atomic E-state index is 13.8. The fraction of sp³-hybridized carbons (Fsp3) is 0.227. The maximum absolute atomic E-state index is 13.8. The predicted octanol–water partition coefficient (Wildman–Crippen LogP) is 4.30. The Kier molecular flexibility index (Phi) is 6.90. The molecule has 8 heteroatoms. The number of ether oxygens (including phenoxy) is 1. The molecular weight excluding hydrogens is 394 g/mol. The molecule has 30 heavy (non-hydrogen) atoms. The number of hydrogen-bond donors (Lipinski definition) is 1. The Balaban J connectivity index is 1.47. The van der Waals surface area contributed by atoms with Gasteiger partial charge in [0.25, 0.3) is 5.91 Å². The summed E-state index contributed by atoms with van der Waals surface area (Å²) in [6.45, 7) is 1.58. The number of aromatic nitrogens is 1. The van der Waals surface area contributed by atoms with Gasteiger partial charge in [0.05, 0.1) is 18.2 Å². The lowest BCUT2D eigenvalue weighted by Crippen LogP contribution is -2.21. The number of nitrogens with one attached hydrogen (secondary N) is 1. The average molecular weight is 414 g/mol. The number of carbonyl (C=O) groups is 2. The van der Waals surface area contributed by atoms with E-state index in [1.807, 2.05) is 25.1 Å². The number of amides is 1. The topological polar surface area (TPSA) is 81.4 Å². The third kappa shape index (κ3) is 5.50. The van der Waals surface area contributed by atoms with Crippen molar-refractivity contribution >= 4 is 17.6 Å². The van der Waals surface area contributed by atoms with Crippen molar-refractivity contribution in [3.63, 3.8) is 0 Å². The minimum Gasteiger partial charge on any atom is -0.456 e. The number of nitrogens with zero attached hydrogens (tertiary/aromatic N) is 1. The molecule has 3 rings (SSSR count). The Morgan fingerprint density at radius 2 is 1.87 bits per heavy atom. The first-order valence-electron chi connectivity index (χ1n) is 9.39. The van der Waals surface area contributed by atoms with Crippen molar-refractivity contribution in [3.8, 4) is 11.3 Å². The molecule has 0 spiro atoms. The van der Waals surface area contributed by atoms with Gasteiger partial charge in [0.1, 0.15) is 11.6 Å². The number of benzene rings is 2. The number of aryl methyl sites for hydroxylation is 2. The summed E-state index contributed by atoms with van der Waals surface area (Å²) in [6, 6.07) is 10.8. The zero-order valence-corrected chi connectivity index (χ0v) is 16.3. The molecule has 156 valence electrons. The molecular formula is C22H20F2N2O4. The van der Waals surface area contributed by atoms with Gasteiger partial charge in [0, 0.05) is 12.1 Å². The molecule has 1 amide bonds. The Morgan fingerprint density at radius 3 is 2.60 bits per heavy atom. The molecule has 0 bridgehead atoms. The van der Waals surface area contributed by atoms with Crippen molar-refractivity contribution in [3.05, 3.63) is 71.8 Å². The van der Waals surface area contributed by atoms with E-state index < -0.39 is 30.1 Å². The number of hydrogen-bond acceptors (Lipinski definition) is 5. The molecule has 0 saturated heterocycles. The van der Waals surface area contributed by atoms with Gasteiger partial charge in [-0.1, -0.05) is 25.1 Å². The van der Waals surface area contributed by atoms with Crippen molar-refractivity contribution in [2.45, 2.75) is 26.2 Å². The van der Waals surface area contributed by atoms with Crippen molar-refractivity contribution in [2.24, 2.45) is 0 Å². The Hall–Kier alpha value is -3.55. The minimum absolute atomic E-state index is 0.0646. The molecule has 6 nitrogen and oxygen atoms in total. The Labute approximate surface area is 171 Å². The van der Waals surface area contributed by atoms with Gasteiger partial charge < -0.3 is 14.5 Å². The minimum atomic E-state index is -0.771. The molecule has 0 aliphatic heterocycles. The molecule has 0 atom stereocenters. The second-order valence-electron chi connectivity index (χ2n) is 6.48. The number of esters is 1. The van der Waals surface area contributed by atoms with E-state index in [2.05, 4.69) is 10.3 Å². The normalized spacial score (nSPS) is 10.6. The fourth-order valence-electron chi connectivity index (χ4n) is 2.77. The van der Waals surface area contributed by atoms with Gasteiger partial charge in [-0.3, -0.25) is 9.59 Å². The molecule has 1 aromatic heterocycles. The largest absolute Gasteiger partial charge is 0.456 e. The monoisotopic (exact) mass is 414 g/mol. The van der Waals surface area contributed by atoms with Gasteiger partial charge in [-0.15, -0.1) is 0 Å². The van der Waals surface area contributed by atoms with Crippen LogP contribution in [-0.2, 0) is 27.2 Å². The molecule has 1 N–H and O–H groups in total. The molecule has 0 aliphatic carbocycles. The van der Waals surface area contributed by atoms with Gasteiger partial charge in [-0.25, -0.2) is 13.8 Å². The molecule has 0 fully saturated rings. The Morgan fingerprint density at radius 1 is 1.13 bits per heavy atom. The molecule has 0 radical (unpaired) electrons. The highest BCUT2D eigenvalue weighted by atomic mass is 19.1. The average Bonchev–Trinajstić information content (AvgIpc) is 3.19. The van der Waals surface area contributed by atoms with E-state index in [-0.39, 0.29) is 30.1 Å². The first kappa shape index (κ1) is 21.2. The zero-order chi connectivity index (χ0) is 21.5. The number of rotatable bonds is 8. The summed E-state index contributed by atoms with van der Waals surface area (Å²) in [6.07, 6.45) is 2.00. The van der Waals surface area contributed by atoms with Crippen LogP contribution >= 0.6 is 0 Å². The molecule has 0 aliphatic rings. The van der Waals surface area contributed by atoms with E-state index in [9.17, 15) is 18.4 Å². The van der Waals surface area contributed by atoms with Crippen LogP contribution in [0.15, 0.2) is 53.1 Å². The summed E-state index contributed by atoms with van der Waals surface area (Å²) in [4.78, 5) is 27.7. The van der Waals surface area contributed by atoms with Gasteiger partial charge in [-0.2, -0.15) is 0 Å². The van der Waals surface area contributed by atoms with E-state index >= 15 is 0 Å². The Bertz CT molecular complexity index is 1030. The summed E-state index contributed by atoms with van der Waals surface area (Å²) in [5, 5.41) is 2.66. The van der Waals surface area contributed by atoms with Gasteiger partial charge in [0.2, 0.25) is 0 Å². The lowest BCUT2D eigenvalue weighted by Gasteiger charge is -2.07. The van der Waals surface area contributed by atoms with Crippen LogP contribution < -0.4 is 5.32 Å². The van der Waals surface area contributed by atoms with Crippen LogP contribution in [0.1, 0.15) is 24.8 Å². The quantitative estimate of drug-likeness (QED) is 0.556. The van der Waals surface area contributed by atoms with Crippen LogP contribution in [0.4, 0.5) is 14.5 Å². The van der Waals surface area contributed by atoms with E-state index in [0.717, 1.165) is 24.1 Å². The summed E-state index contributed by atoms with van der Waals surface area (Å²) in [5.41, 5.74) is 1.39. The van der Waals surface area contributed by atoms with Crippen LogP contribution in [0.2, 0.25) is 0 Å². The number of halogens is 2. The molecule has 1 heterocycles. The molecule has 3 aromatic rings. The number of carbonyl (C=O) groups excluding carboxylic acids is 2. The summed E-state index contributed by atoms with van der Waals surface area (Å²) >= 11 is 0. The first-order chi connectivity index (χ1) is 14.5. The van der Waals surface area contributed by atoms with Gasteiger partial charge in [-0.05, 0) is 36.2 Å². The van der Waals surface area contributed by atoms with E-state index in [1.165, 1.54) is 12.3 Å². The van der Waals surface area contributed by atoms with Crippen LogP contribution in [-0.4, -0.2) is 23.5 Å². The summed E-state index contributed by atoms with van der Waals surface area (Å²) in [7, 11) is 0. The van der Waals surface area contributed by atoms with Crippen LogP contribution in [0.3, 0.4) is 0 Å². The van der Waals surface area contributed by atoms with E-state index in [1.54, 1.807) is 6.07 Å². The lowest BCUT2D eigenvalue weighted by atomic mass is 10.1. The van der Waals surface area contributed by atoms with E-state index in [4.69, 9.17) is 9.15 Å². The predicted molar refractivity (Wildman–Crippen MR) is 106 cm³/mol. The zero-order valence-electron chi connectivity index (χ0n) is 16.3. The number of anilines is 1. The third-order valence-corrected chi connectivity index (χ3v) is 4.29. The second kappa shape index (κ2) is 9.78. The molecule has 2 aromatic carbocycles. The maximum Gasteiger partial charge on any atom is 0.306 e. The first-order valence-corrected chi connectivity index (χ1v) is 9.39. The summed E-state index contributed by atoms with van der Waals surface area (Å²) < 4.78 is 37.9. The molecule has 0 saturated carbocycles. The van der Waals surface area contributed by atoms with Gasteiger partial charge in [0.15, 0.2) is 18.3 Å². The van der Waals surface area contributed by atoms with Crippen molar-refractivity contribution in [1.29, 1.82) is 0 Å². The van der Waals surface area contributed by atoms with Crippen LogP contribution in [0.25, 0.3) is 11.3 Å². The van der Waals surface area contributed by atoms with Crippen molar-refractivity contribution in [1.82, 2.24) is 4.98 Å². The standard InChI is InChI=1S/C22H20F2N2O4/c1-2-14-5-3-6-15(11-14)26-19(27)13-29-21(28)10-9-20-25-12-18(30-20)22-16(23)7-4-8-17(22)24/h3-8,11-12H,2,9-10,13H2,1H3,(H,26,27). The highest BCUT2D eigenvalue weighted by Gasteiger charge is 2.17. The molecule has 0 unspecified atom stereocenters. The van der Waals surface area contributed by atoms with Gasteiger partial charge >= 0.3 is 5.97 Å². The second-order valence-corrected chi connectivity index (χ2v) is 6.48. The fourth-order valence-corrected chi connectivity index (χ4v) is 2.77. The lowest BCUT2D eigenvalue weighted by molar-refractivity contribution is -0.147. The third-order valence-electron chi connectivity index (χ3n) is 4.29.